The molecule has 0 radical (unpaired) electrons. The van der Waals surface area contributed by atoms with Crippen LogP contribution in [0.5, 0.6) is 0 Å². The molecule has 1 amide bonds. The third kappa shape index (κ3) is 4.91. The zero-order chi connectivity index (χ0) is 13.5. The van der Waals surface area contributed by atoms with Gasteiger partial charge >= 0.3 is 12.0 Å². The van der Waals surface area contributed by atoms with E-state index in [1.807, 2.05) is 0 Å². The molecule has 1 aromatic heterocycles. The highest BCUT2D eigenvalue weighted by Crippen LogP contribution is 2.03. The van der Waals surface area contributed by atoms with Crippen LogP contribution in [0, 0.1) is 6.92 Å². The van der Waals surface area contributed by atoms with Crippen molar-refractivity contribution in [3.8, 4) is 0 Å². The first-order valence-electron chi connectivity index (χ1n) is 5.36. The Bertz CT molecular complexity index is 418. The van der Waals surface area contributed by atoms with E-state index < -0.39 is 0 Å². The third-order valence-corrected chi connectivity index (χ3v) is 2.11. The first-order chi connectivity index (χ1) is 8.51. The molecule has 1 rings (SSSR count). The Morgan fingerprint density at radius 2 is 2.17 bits per heavy atom. The van der Waals surface area contributed by atoms with Gasteiger partial charge in [-0.05, 0) is 7.05 Å². The summed E-state index contributed by atoms with van der Waals surface area (Å²) in [5, 5.41) is 9.68. The second-order valence-electron chi connectivity index (χ2n) is 3.74. The predicted octanol–water partition coefficient (Wildman–Crippen LogP) is -0.189. The van der Waals surface area contributed by atoms with E-state index in [1.165, 1.54) is 7.11 Å². The lowest BCUT2D eigenvalue weighted by atomic mass is 10.4. The molecule has 100 valence electrons. The lowest BCUT2D eigenvalue weighted by Gasteiger charge is -2.14. The summed E-state index contributed by atoms with van der Waals surface area (Å²) < 4.78 is 9.51. The first-order valence-corrected chi connectivity index (χ1v) is 5.36. The quantitative estimate of drug-likeness (QED) is 0.704. The summed E-state index contributed by atoms with van der Waals surface area (Å²) in [7, 11) is 3.05. The highest BCUT2D eigenvalue weighted by molar-refractivity contribution is 5.90. The number of amides is 1. The SMILES string of the molecule is COC(=O)CCN(C)CC(=O)Nc1nnc(C)o1. The fraction of sp³-hybridized carbons (Fsp3) is 0.600. The van der Waals surface area contributed by atoms with Gasteiger partial charge in [-0.3, -0.25) is 19.8 Å². The van der Waals surface area contributed by atoms with Crippen LogP contribution in [0.3, 0.4) is 0 Å². The maximum atomic E-state index is 11.5. The molecule has 0 bridgehead atoms. The molecule has 0 aliphatic rings. The number of hydrogen-bond acceptors (Lipinski definition) is 7. The van der Waals surface area contributed by atoms with Crippen molar-refractivity contribution in [2.75, 3.05) is 32.6 Å². The molecule has 0 saturated carbocycles. The van der Waals surface area contributed by atoms with Crippen LogP contribution in [0.2, 0.25) is 0 Å². The largest absolute Gasteiger partial charge is 0.469 e. The number of methoxy groups -OCH3 is 1. The van der Waals surface area contributed by atoms with Gasteiger partial charge in [0.25, 0.3) is 0 Å². The standard InChI is InChI=1S/C10H16N4O4/c1-7-12-13-10(18-7)11-8(15)6-14(2)5-4-9(16)17-3/h4-6H2,1-3H3,(H,11,13,15). The van der Waals surface area contributed by atoms with Crippen LogP contribution in [0.1, 0.15) is 12.3 Å². The molecule has 8 nitrogen and oxygen atoms in total. The van der Waals surface area contributed by atoms with Crippen LogP contribution in [0.25, 0.3) is 0 Å². The number of likely N-dealkylation sites (N-methyl/N-ethyl adjacent to an activating group) is 1. The molecule has 0 fully saturated rings. The van der Waals surface area contributed by atoms with Crippen molar-refractivity contribution in [1.29, 1.82) is 0 Å². The Morgan fingerprint density at radius 1 is 1.44 bits per heavy atom. The van der Waals surface area contributed by atoms with Crippen molar-refractivity contribution in [3.05, 3.63) is 5.89 Å². The van der Waals surface area contributed by atoms with Crippen molar-refractivity contribution < 1.29 is 18.7 Å². The van der Waals surface area contributed by atoms with Crippen molar-refractivity contribution >= 4 is 17.9 Å². The smallest absolute Gasteiger partial charge is 0.322 e. The average molecular weight is 256 g/mol. The van der Waals surface area contributed by atoms with Gasteiger partial charge in [0.15, 0.2) is 0 Å². The number of ether oxygens (including phenoxy) is 1. The average Bonchev–Trinajstić information content (AvgIpc) is 2.71. The number of rotatable bonds is 6. The van der Waals surface area contributed by atoms with Crippen LogP contribution >= 0.6 is 0 Å². The van der Waals surface area contributed by atoms with E-state index in [9.17, 15) is 9.59 Å². The molecule has 1 N–H and O–H groups in total. The molecule has 0 aliphatic heterocycles. The third-order valence-electron chi connectivity index (χ3n) is 2.11. The van der Waals surface area contributed by atoms with Gasteiger partial charge < -0.3 is 9.15 Å². The number of aryl methyl sites for hydroxylation is 1. The van der Waals surface area contributed by atoms with Crippen molar-refractivity contribution in [3.63, 3.8) is 0 Å². The maximum Gasteiger partial charge on any atom is 0.322 e. The van der Waals surface area contributed by atoms with Crippen molar-refractivity contribution in [2.45, 2.75) is 13.3 Å². The van der Waals surface area contributed by atoms with E-state index in [4.69, 9.17) is 4.42 Å². The van der Waals surface area contributed by atoms with E-state index in [1.54, 1.807) is 18.9 Å². The van der Waals surface area contributed by atoms with E-state index in [-0.39, 0.29) is 30.9 Å². The zero-order valence-electron chi connectivity index (χ0n) is 10.6. The second kappa shape index (κ2) is 6.70. The topological polar surface area (TPSA) is 97.6 Å². The van der Waals surface area contributed by atoms with Crippen LogP contribution in [0.4, 0.5) is 6.01 Å². The molecule has 1 heterocycles. The van der Waals surface area contributed by atoms with E-state index >= 15 is 0 Å². The Labute approximate surface area is 104 Å². The molecule has 0 aliphatic carbocycles. The summed E-state index contributed by atoms with van der Waals surface area (Å²) in [5.41, 5.74) is 0. The van der Waals surface area contributed by atoms with Gasteiger partial charge in [0.05, 0.1) is 20.1 Å². The summed E-state index contributed by atoms with van der Waals surface area (Å²) in [6.45, 7) is 2.19. The van der Waals surface area contributed by atoms with Crippen LogP contribution in [-0.2, 0) is 14.3 Å². The molecular formula is C10H16N4O4. The number of nitrogens with zero attached hydrogens (tertiary/aromatic N) is 3. The molecule has 0 spiro atoms. The zero-order valence-corrected chi connectivity index (χ0v) is 10.6. The van der Waals surface area contributed by atoms with E-state index in [0.717, 1.165) is 0 Å². The van der Waals surface area contributed by atoms with Gasteiger partial charge in [-0.2, -0.15) is 0 Å². The molecular weight excluding hydrogens is 240 g/mol. The molecule has 1 aromatic rings. The van der Waals surface area contributed by atoms with Gasteiger partial charge in [0, 0.05) is 13.5 Å². The number of aromatic nitrogens is 2. The molecule has 0 aromatic carbocycles. The Morgan fingerprint density at radius 3 is 2.72 bits per heavy atom. The predicted molar refractivity (Wildman–Crippen MR) is 61.8 cm³/mol. The number of hydrogen-bond donors (Lipinski definition) is 1. The number of anilines is 1. The molecule has 0 saturated heterocycles. The van der Waals surface area contributed by atoms with Crippen molar-refractivity contribution in [2.24, 2.45) is 0 Å². The minimum atomic E-state index is -0.310. The molecule has 0 unspecified atom stereocenters. The Kier molecular flexibility index (Phi) is 5.25. The van der Waals surface area contributed by atoms with Crippen molar-refractivity contribution in [1.82, 2.24) is 15.1 Å². The van der Waals surface area contributed by atoms with E-state index in [0.29, 0.717) is 12.4 Å². The summed E-state index contributed by atoms with van der Waals surface area (Å²) in [5.74, 6) is -0.217. The molecule has 0 atom stereocenters. The molecule has 8 heteroatoms. The number of carbonyl (C=O) groups is 2. The highest BCUT2D eigenvalue weighted by atomic mass is 16.5. The fourth-order valence-corrected chi connectivity index (χ4v) is 1.21. The summed E-state index contributed by atoms with van der Waals surface area (Å²) in [6, 6.07) is 0.0684. The van der Waals surface area contributed by atoms with Crippen LogP contribution in [0.15, 0.2) is 4.42 Å². The normalized spacial score (nSPS) is 10.4. The lowest BCUT2D eigenvalue weighted by molar-refractivity contribution is -0.141. The summed E-state index contributed by atoms with van der Waals surface area (Å²) in [6.07, 6.45) is 0.236. The van der Waals surface area contributed by atoms with E-state index in [2.05, 4.69) is 20.3 Å². The summed E-state index contributed by atoms with van der Waals surface area (Å²) >= 11 is 0. The maximum absolute atomic E-state index is 11.5. The Hall–Kier alpha value is -1.96. The van der Waals surface area contributed by atoms with Crippen LogP contribution in [-0.4, -0.2) is 54.2 Å². The fourth-order valence-electron chi connectivity index (χ4n) is 1.21. The summed E-state index contributed by atoms with van der Waals surface area (Å²) in [4.78, 5) is 24.2. The second-order valence-corrected chi connectivity index (χ2v) is 3.74. The minimum absolute atomic E-state index is 0.0684. The highest BCUT2D eigenvalue weighted by Gasteiger charge is 2.11. The van der Waals surface area contributed by atoms with Gasteiger partial charge in [-0.1, -0.05) is 5.10 Å². The molecule has 18 heavy (non-hydrogen) atoms. The minimum Gasteiger partial charge on any atom is -0.469 e. The van der Waals surface area contributed by atoms with Gasteiger partial charge in [-0.25, -0.2) is 0 Å². The monoisotopic (exact) mass is 256 g/mol. The first kappa shape index (κ1) is 14.1. The van der Waals surface area contributed by atoms with Crippen LogP contribution < -0.4 is 5.32 Å². The van der Waals surface area contributed by atoms with Gasteiger partial charge in [-0.15, -0.1) is 5.10 Å². The number of nitrogens with one attached hydrogen (secondary N) is 1. The number of carbonyl (C=O) groups excluding carboxylic acids is 2. The number of esters is 1. The Balaban J connectivity index is 2.29. The lowest BCUT2D eigenvalue weighted by Crippen LogP contribution is -2.32. The van der Waals surface area contributed by atoms with Gasteiger partial charge in [0.1, 0.15) is 0 Å². The van der Waals surface area contributed by atoms with Gasteiger partial charge in [0.2, 0.25) is 11.8 Å².